The molecule has 1 rings (SSSR count). The van der Waals surface area contributed by atoms with Crippen molar-refractivity contribution in [1.82, 2.24) is 4.98 Å². The second kappa shape index (κ2) is 4.07. The summed E-state index contributed by atoms with van der Waals surface area (Å²) in [6.07, 6.45) is 3.47. The van der Waals surface area contributed by atoms with Crippen molar-refractivity contribution < 1.29 is 5.11 Å². The summed E-state index contributed by atoms with van der Waals surface area (Å²) in [4.78, 5) is 6.06. The Morgan fingerprint density at radius 3 is 2.92 bits per heavy atom. The third-order valence-electron chi connectivity index (χ3n) is 1.94. The first-order valence-corrected chi connectivity index (χ1v) is 4.04. The Kier molecular flexibility index (Phi) is 3.05. The lowest BCUT2D eigenvalue weighted by molar-refractivity contribution is 0.282. The Labute approximate surface area is 72.7 Å². The van der Waals surface area contributed by atoms with E-state index in [1.807, 2.05) is 13.1 Å². The summed E-state index contributed by atoms with van der Waals surface area (Å²) in [5, 5.41) is 9.01. The molecule has 0 bridgehead atoms. The van der Waals surface area contributed by atoms with Gasteiger partial charge in [-0.25, -0.2) is 0 Å². The van der Waals surface area contributed by atoms with Gasteiger partial charge in [-0.1, -0.05) is 0 Å². The molecule has 0 atom stereocenters. The first kappa shape index (κ1) is 9.00. The molecule has 0 amide bonds. The second-order valence-electron chi connectivity index (χ2n) is 2.68. The first-order valence-electron chi connectivity index (χ1n) is 4.04. The van der Waals surface area contributed by atoms with E-state index < -0.39 is 0 Å². The monoisotopic (exact) mass is 166 g/mol. The number of pyridine rings is 1. The summed E-state index contributed by atoms with van der Waals surface area (Å²) < 4.78 is 0. The average Bonchev–Trinajstić information content (AvgIpc) is 2.16. The summed E-state index contributed by atoms with van der Waals surface area (Å²) >= 11 is 0. The fourth-order valence-electron chi connectivity index (χ4n) is 1.06. The van der Waals surface area contributed by atoms with Gasteiger partial charge in [0.2, 0.25) is 0 Å². The van der Waals surface area contributed by atoms with Gasteiger partial charge in [0.15, 0.2) is 0 Å². The summed E-state index contributed by atoms with van der Waals surface area (Å²) in [6.45, 7) is 3.05. The van der Waals surface area contributed by atoms with Gasteiger partial charge in [-0.05, 0) is 13.0 Å². The lowest BCUT2D eigenvalue weighted by Gasteiger charge is -2.18. The van der Waals surface area contributed by atoms with Gasteiger partial charge in [0.25, 0.3) is 0 Å². The molecule has 0 unspecified atom stereocenters. The van der Waals surface area contributed by atoms with Crippen LogP contribution in [0, 0.1) is 0 Å². The molecule has 1 aromatic rings. The molecule has 0 fully saturated rings. The van der Waals surface area contributed by atoms with Gasteiger partial charge < -0.3 is 10.0 Å². The number of aliphatic hydroxyl groups excluding tert-OH is 1. The SMILES string of the molecule is CCN(C)c1cnccc1CO. The number of hydrogen-bond donors (Lipinski definition) is 1. The minimum atomic E-state index is 0.0716. The fourth-order valence-corrected chi connectivity index (χ4v) is 1.06. The topological polar surface area (TPSA) is 36.4 Å². The third-order valence-corrected chi connectivity index (χ3v) is 1.94. The summed E-state index contributed by atoms with van der Waals surface area (Å²) in [5.41, 5.74) is 1.93. The van der Waals surface area contributed by atoms with Crippen LogP contribution in [0.5, 0.6) is 0 Å². The lowest BCUT2D eigenvalue weighted by atomic mass is 10.2. The molecule has 0 aromatic carbocycles. The van der Waals surface area contributed by atoms with E-state index in [2.05, 4.69) is 16.8 Å². The van der Waals surface area contributed by atoms with Gasteiger partial charge in [-0.15, -0.1) is 0 Å². The van der Waals surface area contributed by atoms with Crippen LogP contribution in [-0.4, -0.2) is 23.7 Å². The molecule has 66 valence electrons. The van der Waals surface area contributed by atoms with Crippen LogP contribution < -0.4 is 4.90 Å². The van der Waals surface area contributed by atoms with Gasteiger partial charge in [0, 0.05) is 25.4 Å². The van der Waals surface area contributed by atoms with Gasteiger partial charge in [-0.2, -0.15) is 0 Å². The molecule has 0 aliphatic rings. The van der Waals surface area contributed by atoms with Crippen molar-refractivity contribution >= 4 is 5.69 Å². The van der Waals surface area contributed by atoms with Crippen molar-refractivity contribution in [2.24, 2.45) is 0 Å². The van der Waals surface area contributed by atoms with E-state index in [0.29, 0.717) is 0 Å². The Bertz CT molecular complexity index is 250. The van der Waals surface area contributed by atoms with Crippen LogP contribution in [0.25, 0.3) is 0 Å². The maximum Gasteiger partial charge on any atom is 0.0703 e. The van der Waals surface area contributed by atoms with Gasteiger partial charge in [0.05, 0.1) is 18.5 Å². The zero-order chi connectivity index (χ0) is 8.97. The van der Waals surface area contributed by atoms with Crippen LogP contribution in [0.2, 0.25) is 0 Å². The minimum Gasteiger partial charge on any atom is -0.392 e. The molecule has 1 N–H and O–H groups in total. The van der Waals surface area contributed by atoms with Crippen molar-refractivity contribution in [1.29, 1.82) is 0 Å². The van der Waals surface area contributed by atoms with Crippen molar-refractivity contribution in [3.05, 3.63) is 24.0 Å². The predicted molar refractivity (Wildman–Crippen MR) is 49.1 cm³/mol. The zero-order valence-electron chi connectivity index (χ0n) is 7.49. The Morgan fingerprint density at radius 2 is 2.33 bits per heavy atom. The molecular formula is C9H14N2O. The summed E-state index contributed by atoms with van der Waals surface area (Å²) in [6, 6.07) is 1.83. The molecule has 0 saturated heterocycles. The highest BCUT2D eigenvalue weighted by Gasteiger charge is 2.03. The molecule has 1 aromatic heterocycles. The van der Waals surface area contributed by atoms with E-state index in [1.54, 1.807) is 12.4 Å². The van der Waals surface area contributed by atoms with Crippen LogP contribution in [0.4, 0.5) is 5.69 Å². The number of aromatic nitrogens is 1. The summed E-state index contributed by atoms with van der Waals surface area (Å²) in [5.74, 6) is 0. The molecule has 0 saturated carbocycles. The smallest absolute Gasteiger partial charge is 0.0703 e. The number of anilines is 1. The number of hydrogen-bond acceptors (Lipinski definition) is 3. The van der Waals surface area contributed by atoms with Crippen LogP contribution in [0.15, 0.2) is 18.5 Å². The quantitative estimate of drug-likeness (QED) is 0.728. The van der Waals surface area contributed by atoms with Crippen molar-refractivity contribution in [2.75, 3.05) is 18.5 Å². The van der Waals surface area contributed by atoms with E-state index in [1.165, 1.54) is 0 Å². The molecule has 0 spiro atoms. The molecular weight excluding hydrogens is 152 g/mol. The lowest BCUT2D eigenvalue weighted by Crippen LogP contribution is -2.17. The second-order valence-corrected chi connectivity index (χ2v) is 2.68. The van der Waals surface area contributed by atoms with E-state index in [0.717, 1.165) is 17.8 Å². The van der Waals surface area contributed by atoms with Crippen LogP contribution >= 0.6 is 0 Å². The van der Waals surface area contributed by atoms with E-state index in [-0.39, 0.29) is 6.61 Å². The van der Waals surface area contributed by atoms with Gasteiger partial charge in [-0.3, -0.25) is 4.98 Å². The number of nitrogens with zero attached hydrogens (tertiary/aromatic N) is 2. The third kappa shape index (κ3) is 1.74. The summed E-state index contributed by atoms with van der Waals surface area (Å²) in [7, 11) is 1.98. The molecule has 0 aliphatic heterocycles. The zero-order valence-corrected chi connectivity index (χ0v) is 7.49. The maximum atomic E-state index is 9.01. The minimum absolute atomic E-state index is 0.0716. The van der Waals surface area contributed by atoms with E-state index >= 15 is 0 Å². The molecule has 0 radical (unpaired) electrons. The van der Waals surface area contributed by atoms with Crippen molar-refractivity contribution in [3.8, 4) is 0 Å². The maximum absolute atomic E-state index is 9.01. The highest BCUT2D eigenvalue weighted by Crippen LogP contribution is 2.16. The largest absolute Gasteiger partial charge is 0.392 e. The Balaban J connectivity index is 2.96. The number of aliphatic hydroxyl groups is 1. The van der Waals surface area contributed by atoms with Crippen LogP contribution in [0.1, 0.15) is 12.5 Å². The Hall–Kier alpha value is -1.09. The van der Waals surface area contributed by atoms with Crippen LogP contribution in [0.3, 0.4) is 0 Å². The highest BCUT2D eigenvalue weighted by atomic mass is 16.3. The molecule has 0 aliphatic carbocycles. The standard InChI is InChI=1S/C9H14N2O/c1-3-11(2)9-6-10-5-4-8(9)7-12/h4-6,12H,3,7H2,1-2H3. The highest BCUT2D eigenvalue weighted by molar-refractivity contribution is 5.50. The Morgan fingerprint density at radius 1 is 1.58 bits per heavy atom. The van der Waals surface area contributed by atoms with Gasteiger partial charge in [0.1, 0.15) is 0 Å². The van der Waals surface area contributed by atoms with Crippen molar-refractivity contribution in [2.45, 2.75) is 13.5 Å². The molecule has 1 heterocycles. The molecule has 3 nitrogen and oxygen atoms in total. The van der Waals surface area contributed by atoms with Gasteiger partial charge >= 0.3 is 0 Å². The average molecular weight is 166 g/mol. The van der Waals surface area contributed by atoms with Crippen LogP contribution in [-0.2, 0) is 6.61 Å². The van der Waals surface area contributed by atoms with E-state index in [4.69, 9.17) is 5.11 Å². The molecule has 12 heavy (non-hydrogen) atoms. The normalized spacial score (nSPS) is 9.92. The molecule has 3 heteroatoms. The van der Waals surface area contributed by atoms with Crippen molar-refractivity contribution in [3.63, 3.8) is 0 Å². The predicted octanol–water partition coefficient (Wildman–Crippen LogP) is 1.03. The fraction of sp³-hybridized carbons (Fsp3) is 0.444. The first-order chi connectivity index (χ1) is 5.79. The van der Waals surface area contributed by atoms with E-state index in [9.17, 15) is 0 Å². The number of rotatable bonds is 3.